The molecule has 10 aromatic rings. The normalized spacial score (nSPS) is 11.8. The van der Waals surface area contributed by atoms with E-state index in [2.05, 4.69) is 18.2 Å². The Kier molecular flexibility index (Phi) is 7.65. The van der Waals surface area contributed by atoms with Crippen LogP contribution in [0.25, 0.3) is 88.4 Å². The maximum atomic E-state index is 16.3. The highest BCUT2D eigenvalue weighted by Crippen LogP contribution is 2.47. The van der Waals surface area contributed by atoms with Crippen LogP contribution < -0.4 is 0 Å². The maximum absolute atomic E-state index is 16.3. The molecule has 0 radical (unpaired) electrons. The lowest BCUT2D eigenvalue weighted by atomic mass is 9.96. The van der Waals surface area contributed by atoms with Crippen LogP contribution in [0.15, 0.2) is 182 Å². The molecule has 266 valence electrons. The van der Waals surface area contributed by atoms with Gasteiger partial charge in [-0.3, -0.25) is 0 Å². The topological polar surface area (TPSA) is 33.6 Å². The minimum absolute atomic E-state index is 0.0248. The largest absolute Gasteiger partial charge is 0.420 e. The van der Waals surface area contributed by atoms with Crippen LogP contribution in [-0.2, 0) is 6.18 Å². The van der Waals surface area contributed by atoms with Crippen molar-refractivity contribution in [1.82, 2.24) is 9.13 Å². The molecule has 0 aliphatic heterocycles. The highest BCUT2D eigenvalue weighted by Gasteiger charge is 2.39. The van der Waals surface area contributed by atoms with Crippen LogP contribution in [0.1, 0.15) is 11.1 Å². The van der Waals surface area contributed by atoms with Crippen LogP contribution in [0.3, 0.4) is 0 Å². The number of fused-ring (bicyclic) bond motifs is 6. The van der Waals surface area contributed by atoms with Crippen LogP contribution in [-0.4, -0.2) is 9.13 Å². The molecule has 0 bridgehead atoms. The number of rotatable bonds is 5. The molecule has 0 aliphatic rings. The first-order chi connectivity index (χ1) is 27.4. The van der Waals surface area contributed by atoms with Crippen LogP contribution in [0.2, 0.25) is 0 Å². The van der Waals surface area contributed by atoms with Gasteiger partial charge in [-0.25, -0.2) is 0 Å². The quantitative estimate of drug-likeness (QED) is 0.174. The van der Waals surface area contributed by atoms with Crippen molar-refractivity contribution in [2.75, 3.05) is 0 Å². The van der Waals surface area contributed by atoms with Crippen molar-refractivity contribution in [3.05, 3.63) is 193 Å². The second-order valence-corrected chi connectivity index (χ2v) is 13.9. The van der Waals surface area contributed by atoms with Gasteiger partial charge in [-0.05, 0) is 88.0 Å². The van der Waals surface area contributed by atoms with Gasteiger partial charge < -0.3 is 9.13 Å². The Morgan fingerprint density at radius 1 is 0.393 bits per heavy atom. The number of alkyl halides is 3. The lowest BCUT2D eigenvalue weighted by Crippen LogP contribution is -2.16. The fourth-order valence-electron chi connectivity index (χ4n) is 8.33. The highest BCUT2D eigenvalue weighted by molar-refractivity contribution is 6.12. The molecule has 0 aliphatic carbocycles. The summed E-state index contributed by atoms with van der Waals surface area (Å²) in [4.78, 5) is 0. The third-order valence-electron chi connectivity index (χ3n) is 10.8. The van der Waals surface area contributed by atoms with E-state index >= 15 is 13.2 Å². The second kappa shape index (κ2) is 12.9. The number of aromatic nitrogens is 2. The minimum Gasteiger partial charge on any atom is -0.309 e. The molecule has 0 saturated heterocycles. The Labute approximate surface area is 320 Å². The summed E-state index contributed by atoms with van der Waals surface area (Å²) in [5.74, 6) is 0. The molecule has 8 aromatic carbocycles. The highest BCUT2D eigenvalue weighted by atomic mass is 19.4. The van der Waals surface area contributed by atoms with Gasteiger partial charge in [0, 0.05) is 21.5 Å². The van der Waals surface area contributed by atoms with E-state index in [1.54, 1.807) is 39.5 Å². The molecule has 3 nitrogen and oxygen atoms in total. The van der Waals surface area contributed by atoms with E-state index < -0.39 is 11.7 Å². The molecule has 6 heteroatoms. The first-order valence-corrected chi connectivity index (χ1v) is 18.3. The Morgan fingerprint density at radius 2 is 0.821 bits per heavy atom. The monoisotopic (exact) mass is 729 g/mol. The van der Waals surface area contributed by atoms with E-state index in [4.69, 9.17) is 0 Å². The Balaban J connectivity index is 1.35. The van der Waals surface area contributed by atoms with E-state index in [1.807, 2.05) is 140 Å². The van der Waals surface area contributed by atoms with Gasteiger partial charge in [-0.2, -0.15) is 18.4 Å². The molecule has 2 aromatic heterocycles. The SMILES string of the molecule is N#Cc1ccccc1-c1cc(-n2c3ccccc3c3cc(-c4ccccc4)ccc32)c(C(F)(F)F)c(-n2c3ccccc3c3cc(-c4ccccc4)ccc32)c1. The number of halogens is 3. The van der Waals surface area contributed by atoms with Crippen molar-refractivity contribution in [1.29, 1.82) is 5.26 Å². The smallest absolute Gasteiger partial charge is 0.309 e. The predicted octanol–water partition coefficient (Wildman–Crippen LogP) is 13.8. The summed E-state index contributed by atoms with van der Waals surface area (Å²) in [6.45, 7) is 0. The number of nitrogens with zero attached hydrogens (tertiary/aromatic N) is 3. The lowest BCUT2D eigenvalue weighted by Gasteiger charge is -2.23. The number of hydrogen-bond donors (Lipinski definition) is 0. The fourth-order valence-corrected chi connectivity index (χ4v) is 8.33. The van der Waals surface area contributed by atoms with Gasteiger partial charge >= 0.3 is 6.18 Å². The third kappa shape index (κ3) is 5.28. The molecular weight excluding hydrogens is 700 g/mol. The average Bonchev–Trinajstić information content (AvgIpc) is 3.75. The van der Waals surface area contributed by atoms with Crippen molar-refractivity contribution < 1.29 is 13.2 Å². The van der Waals surface area contributed by atoms with Crippen molar-refractivity contribution in [3.63, 3.8) is 0 Å². The van der Waals surface area contributed by atoms with Crippen LogP contribution in [0.4, 0.5) is 13.2 Å². The number of benzene rings is 8. The lowest BCUT2D eigenvalue weighted by molar-refractivity contribution is -0.137. The average molecular weight is 730 g/mol. The third-order valence-corrected chi connectivity index (χ3v) is 10.8. The number of hydrogen-bond acceptors (Lipinski definition) is 1. The molecular formula is C50H30F3N3. The van der Waals surface area contributed by atoms with Gasteiger partial charge in [0.05, 0.1) is 45.1 Å². The predicted molar refractivity (Wildman–Crippen MR) is 221 cm³/mol. The molecule has 0 atom stereocenters. The van der Waals surface area contributed by atoms with E-state index in [0.717, 1.165) is 43.8 Å². The van der Waals surface area contributed by atoms with Gasteiger partial charge in [0.2, 0.25) is 0 Å². The summed E-state index contributed by atoms with van der Waals surface area (Å²) < 4.78 is 52.3. The van der Waals surface area contributed by atoms with Crippen molar-refractivity contribution in [2.24, 2.45) is 0 Å². The first-order valence-electron chi connectivity index (χ1n) is 18.3. The molecule has 0 saturated carbocycles. The van der Waals surface area contributed by atoms with Crippen LogP contribution in [0.5, 0.6) is 0 Å². The van der Waals surface area contributed by atoms with Crippen molar-refractivity contribution in [3.8, 4) is 50.8 Å². The summed E-state index contributed by atoms with van der Waals surface area (Å²) >= 11 is 0. The molecule has 0 fully saturated rings. The fraction of sp³-hybridized carbons (Fsp3) is 0.0200. The number of para-hydroxylation sites is 2. The summed E-state index contributed by atoms with van der Waals surface area (Å²) in [7, 11) is 0. The van der Waals surface area contributed by atoms with Gasteiger partial charge in [0.1, 0.15) is 5.56 Å². The molecule has 0 unspecified atom stereocenters. The zero-order valence-corrected chi connectivity index (χ0v) is 29.8. The molecule has 0 spiro atoms. The maximum Gasteiger partial charge on any atom is 0.420 e. The Morgan fingerprint density at radius 3 is 1.30 bits per heavy atom. The van der Waals surface area contributed by atoms with Gasteiger partial charge in [0.25, 0.3) is 0 Å². The Bertz CT molecular complexity index is 3010. The van der Waals surface area contributed by atoms with Crippen LogP contribution >= 0.6 is 0 Å². The zero-order valence-electron chi connectivity index (χ0n) is 29.8. The zero-order chi connectivity index (χ0) is 38.0. The summed E-state index contributed by atoms with van der Waals surface area (Å²) in [5.41, 5.74) is 7.12. The van der Waals surface area contributed by atoms with Crippen LogP contribution in [0, 0.1) is 11.3 Å². The van der Waals surface area contributed by atoms with Crippen molar-refractivity contribution in [2.45, 2.75) is 6.18 Å². The molecule has 56 heavy (non-hydrogen) atoms. The van der Waals surface area contributed by atoms with Gasteiger partial charge in [0.15, 0.2) is 0 Å². The molecule has 0 N–H and O–H groups in total. The van der Waals surface area contributed by atoms with E-state index in [-0.39, 0.29) is 11.4 Å². The molecule has 0 amide bonds. The van der Waals surface area contributed by atoms with Crippen molar-refractivity contribution >= 4 is 43.6 Å². The van der Waals surface area contributed by atoms with E-state index in [9.17, 15) is 5.26 Å². The summed E-state index contributed by atoms with van der Waals surface area (Å²) in [5, 5.41) is 13.6. The number of nitriles is 1. The molecule has 10 rings (SSSR count). The standard InChI is InChI=1S/C50H30F3N3/c51-50(52,53)49-47(55-43-21-11-9-19-39(43)41-27-34(23-25-45(41)55)32-13-3-1-4-14-32)29-37(38-18-8-7-17-36(38)31-54)30-48(49)56-44-22-12-10-20-40(44)42-28-35(24-26-46(42)56)33-15-5-2-6-16-33/h1-30H. The van der Waals surface area contributed by atoms with Gasteiger partial charge in [-0.15, -0.1) is 0 Å². The Hall–Kier alpha value is -7.36. The first kappa shape index (κ1) is 33.2. The minimum atomic E-state index is -4.79. The molecule has 2 heterocycles. The van der Waals surface area contributed by atoms with Gasteiger partial charge in [-0.1, -0.05) is 127 Å². The summed E-state index contributed by atoms with van der Waals surface area (Å²) in [6, 6.07) is 59.6. The van der Waals surface area contributed by atoms with E-state index in [1.165, 1.54) is 0 Å². The summed E-state index contributed by atoms with van der Waals surface area (Å²) in [6.07, 6.45) is -4.79. The van der Waals surface area contributed by atoms with E-state index in [0.29, 0.717) is 38.8 Å². The second-order valence-electron chi connectivity index (χ2n) is 13.9.